The summed E-state index contributed by atoms with van der Waals surface area (Å²) in [5.41, 5.74) is 2.32. The largest absolute Gasteiger partial charge is 0.476 e. The SMILES string of the molecule is Cc1cnc(-c2cccc(CC(=N)n3nc(C(=O)O)ccc3=N)c2)nc1. The summed E-state index contributed by atoms with van der Waals surface area (Å²) in [6.45, 7) is 1.91. The molecule has 130 valence electrons. The normalized spacial score (nSPS) is 10.5. The Hall–Kier alpha value is -3.68. The van der Waals surface area contributed by atoms with Gasteiger partial charge in [-0.05, 0) is 36.2 Å². The minimum atomic E-state index is -1.20. The van der Waals surface area contributed by atoms with Gasteiger partial charge in [-0.1, -0.05) is 18.2 Å². The summed E-state index contributed by atoms with van der Waals surface area (Å²) in [4.78, 5) is 19.6. The van der Waals surface area contributed by atoms with Gasteiger partial charge in [-0.3, -0.25) is 10.8 Å². The molecule has 1 aromatic carbocycles. The number of carboxylic acid groups (broad SMARTS) is 1. The Kier molecular flexibility index (Phi) is 4.66. The van der Waals surface area contributed by atoms with Crippen LogP contribution >= 0.6 is 0 Å². The molecule has 0 atom stereocenters. The van der Waals surface area contributed by atoms with E-state index in [4.69, 9.17) is 15.9 Å². The molecule has 0 amide bonds. The molecule has 8 nitrogen and oxygen atoms in total. The Morgan fingerprint density at radius 1 is 1.19 bits per heavy atom. The smallest absolute Gasteiger partial charge is 0.356 e. The van der Waals surface area contributed by atoms with Gasteiger partial charge in [0.25, 0.3) is 0 Å². The van der Waals surface area contributed by atoms with E-state index < -0.39 is 5.97 Å². The number of hydrogen-bond donors (Lipinski definition) is 3. The predicted octanol–water partition coefficient (Wildman–Crippen LogP) is 1.89. The third-order valence-corrected chi connectivity index (χ3v) is 3.65. The van der Waals surface area contributed by atoms with Crippen molar-refractivity contribution in [1.82, 2.24) is 19.7 Å². The first-order valence-corrected chi connectivity index (χ1v) is 7.78. The van der Waals surface area contributed by atoms with E-state index in [2.05, 4.69) is 15.1 Å². The number of hydrogen-bond acceptors (Lipinski definition) is 6. The minimum Gasteiger partial charge on any atom is -0.476 e. The van der Waals surface area contributed by atoms with Crippen LogP contribution in [-0.2, 0) is 6.42 Å². The molecule has 0 saturated heterocycles. The summed E-state index contributed by atoms with van der Waals surface area (Å²) >= 11 is 0. The molecule has 0 spiro atoms. The lowest BCUT2D eigenvalue weighted by atomic mass is 10.1. The maximum Gasteiger partial charge on any atom is 0.356 e. The first-order chi connectivity index (χ1) is 12.4. The number of aryl methyl sites for hydroxylation is 1. The van der Waals surface area contributed by atoms with Gasteiger partial charge in [0.2, 0.25) is 0 Å². The summed E-state index contributed by atoms with van der Waals surface area (Å²) in [6, 6.07) is 9.98. The summed E-state index contributed by atoms with van der Waals surface area (Å²) in [7, 11) is 0. The Morgan fingerprint density at radius 2 is 1.92 bits per heavy atom. The molecule has 0 unspecified atom stereocenters. The Bertz CT molecular complexity index is 1040. The first-order valence-electron chi connectivity index (χ1n) is 7.78. The van der Waals surface area contributed by atoms with Crippen molar-refractivity contribution < 1.29 is 9.90 Å². The van der Waals surface area contributed by atoms with E-state index in [0.717, 1.165) is 21.4 Å². The molecule has 3 aromatic rings. The molecule has 26 heavy (non-hydrogen) atoms. The summed E-state index contributed by atoms with van der Waals surface area (Å²) in [5, 5.41) is 28.9. The van der Waals surface area contributed by atoms with Crippen molar-refractivity contribution in [3.8, 4) is 11.4 Å². The van der Waals surface area contributed by atoms with Crippen LogP contribution in [0.2, 0.25) is 0 Å². The van der Waals surface area contributed by atoms with Crippen LogP contribution in [0.4, 0.5) is 0 Å². The van der Waals surface area contributed by atoms with E-state index in [0.29, 0.717) is 5.82 Å². The highest BCUT2D eigenvalue weighted by Gasteiger charge is 2.10. The number of rotatable bonds is 4. The number of benzene rings is 1. The fourth-order valence-corrected chi connectivity index (χ4v) is 2.37. The van der Waals surface area contributed by atoms with Gasteiger partial charge in [-0.15, -0.1) is 0 Å². The Morgan fingerprint density at radius 3 is 2.62 bits per heavy atom. The van der Waals surface area contributed by atoms with Crippen LogP contribution in [0.3, 0.4) is 0 Å². The number of aromatic carboxylic acids is 1. The van der Waals surface area contributed by atoms with Crippen LogP contribution in [0.15, 0.2) is 48.8 Å². The zero-order valence-electron chi connectivity index (χ0n) is 14.0. The quantitative estimate of drug-likeness (QED) is 0.490. The van der Waals surface area contributed by atoms with Crippen LogP contribution in [0.5, 0.6) is 0 Å². The van der Waals surface area contributed by atoms with Gasteiger partial charge < -0.3 is 5.11 Å². The van der Waals surface area contributed by atoms with E-state index in [1.165, 1.54) is 12.1 Å². The average molecular weight is 348 g/mol. The van der Waals surface area contributed by atoms with Crippen molar-refractivity contribution in [2.75, 3.05) is 0 Å². The third-order valence-electron chi connectivity index (χ3n) is 3.65. The van der Waals surface area contributed by atoms with Crippen LogP contribution in [0, 0.1) is 17.7 Å². The van der Waals surface area contributed by atoms with Gasteiger partial charge in [0, 0.05) is 24.4 Å². The van der Waals surface area contributed by atoms with Crippen molar-refractivity contribution in [2.24, 2.45) is 0 Å². The molecule has 0 aliphatic heterocycles. The Labute approximate surface area is 148 Å². The molecule has 3 rings (SSSR count). The zero-order valence-corrected chi connectivity index (χ0v) is 14.0. The number of nitrogens with zero attached hydrogens (tertiary/aromatic N) is 4. The van der Waals surface area contributed by atoms with Crippen molar-refractivity contribution in [3.63, 3.8) is 0 Å². The van der Waals surface area contributed by atoms with Gasteiger partial charge in [0.05, 0.1) is 0 Å². The lowest BCUT2D eigenvalue weighted by Crippen LogP contribution is -2.31. The van der Waals surface area contributed by atoms with Crippen LogP contribution < -0.4 is 5.49 Å². The molecular weight excluding hydrogens is 332 g/mol. The van der Waals surface area contributed by atoms with Gasteiger partial charge in [0.1, 0.15) is 11.3 Å². The van der Waals surface area contributed by atoms with Crippen molar-refractivity contribution >= 4 is 11.8 Å². The van der Waals surface area contributed by atoms with E-state index in [-0.39, 0.29) is 23.4 Å². The summed E-state index contributed by atoms with van der Waals surface area (Å²) in [5.74, 6) is -0.617. The van der Waals surface area contributed by atoms with Gasteiger partial charge in [0.15, 0.2) is 11.5 Å². The fraction of sp³-hybridized carbons (Fsp3) is 0.111. The van der Waals surface area contributed by atoms with E-state index in [1.807, 2.05) is 31.2 Å². The lowest BCUT2D eigenvalue weighted by Gasteiger charge is -2.09. The van der Waals surface area contributed by atoms with Gasteiger partial charge in [-0.2, -0.15) is 5.10 Å². The molecule has 3 N–H and O–H groups in total. The maximum absolute atomic E-state index is 11.0. The number of carbonyl (C=O) groups is 1. The molecule has 2 aromatic heterocycles. The molecule has 0 fully saturated rings. The molecule has 0 bridgehead atoms. The monoisotopic (exact) mass is 348 g/mol. The lowest BCUT2D eigenvalue weighted by molar-refractivity contribution is 0.0688. The first kappa shape index (κ1) is 17.2. The van der Waals surface area contributed by atoms with Crippen LogP contribution in [-0.4, -0.2) is 36.7 Å². The number of carboxylic acids is 1. The molecule has 0 aliphatic rings. The predicted molar refractivity (Wildman–Crippen MR) is 94.1 cm³/mol. The molecular formula is C18H16N6O2. The topological polar surface area (TPSA) is 129 Å². The standard InChI is InChI=1S/C18H16N6O2/c1-11-9-21-17(22-10-11)13-4-2-3-12(7-13)8-16(20)24-15(19)6-5-14(23-24)18(25)26/h2-7,9-10,19-20H,8H2,1H3,(H,25,26). The second kappa shape index (κ2) is 7.06. The van der Waals surface area contributed by atoms with E-state index in [9.17, 15) is 4.79 Å². The zero-order chi connectivity index (χ0) is 18.7. The molecule has 0 aliphatic carbocycles. The average Bonchev–Trinajstić information content (AvgIpc) is 2.62. The summed E-state index contributed by atoms with van der Waals surface area (Å²) < 4.78 is 1.01. The second-order valence-corrected chi connectivity index (χ2v) is 5.73. The van der Waals surface area contributed by atoms with Crippen LogP contribution in [0.25, 0.3) is 11.4 Å². The summed E-state index contributed by atoms with van der Waals surface area (Å²) in [6.07, 6.45) is 3.66. The highest BCUT2D eigenvalue weighted by molar-refractivity contribution is 5.87. The highest BCUT2D eigenvalue weighted by atomic mass is 16.4. The van der Waals surface area contributed by atoms with E-state index in [1.54, 1.807) is 12.4 Å². The van der Waals surface area contributed by atoms with Crippen molar-refractivity contribution in [2.45, 2.75) is 13.3 Å². The van der Waals surface area contributed by atoms with Gasteiger partial charge >= 0.3 is 5.97 Å². The molecule has 8 heteroatoms. The molecule has 0 radical (unpaired) electrons. The van der Waals surface area contributed by atoms with E-state index >= 15 is 0 Å². The maximum atomic E-state index is 11.0. The van der Waals surface area contributed by atoms with Gasteiger partial charge in [-0.25, -0.2) is 19.4 Å². The number of nitrogens with one attached hydrogen (secondary N) is 2. The minimum absolute atomic E-state index is 0.0000690. The fourth-order valence-electron chi connectivity index (χ4n) is 2.37. The number of aromatic nitrogens is 4. The van der Waals surface area contributed by atoms with Crippen LogP contribution in [0.1, 0.15) is 21.6 Å². The van der Waals surface area contributed by atoms with Crippen molar-refractivity contribution in [3.05, 3.63) is 71.1 Å². The second-order valence-electron chi connectivity index (χ2n) is 5.73. The van der Waals surface area contributed by atoms with Crippen molar-refractivity contribution in [1.29, 1.82) is 10.8 Å². The highest BCUT2D eigenvalue weighted by Crippen LogP contribution is 2.16. The molecule has 0 saturated carbocycles. The third kappa shape index (κ3) is 3.69. The molecule has 2 heterocycles. The Balaban J connectivity index is 1.88.